The summed E-state index contributed by atoms with van der Waals surface area (Å²) < 4.78 is 4.78. The maximum atomic E-state index is 11.1. The largest absolute Gasteiger partial charge is 0.382 e. The summed E-state index contributed by atoms with van der Waals surface area (Å²) >= 11 is 0. The molecule has 2 N–H and O–H groups in total. The molecule has 1 amide bonds. The van der Waals surface area contributed by atoms with E-state index in [4.69, 9.17) is 9.57 Å². The average Bonchev–Trinajstić information content (AvgIpc) is 2.10. The van der Waals surface area contributed by atoms with Crippen molar-refractivity contribution in [3.8, 4) is 0 Å². The Morgan fingerprint density at radius 1 is 1.36 bits per heavy atom. The van der Waals surface area contributed by atoms with Gasteiger partial charge in [0.1, 0.15) is 0 Å². The molecule has 5 heteroatoms. The number of nitrogens with one attached hydrogen (secondary N) is 2. The van der Waals surface area contributed by atoms with Gasteiger partial charge >= 0.3 is 0 Å². The molecule has 5 nitrogen and oxygen atoms in total. The molecular formula is C9H20N2O3. The molecule has 0 aliphatic heterocycles. The zero-order chi connectivity index (χ0) is 10.8. The van der Waals surface area contributed by atoms with Gasteiger partial charge in [-0.15, -0.1) is 0 Å². The van der Waals surface area contributed by atoms with Crippen LogP contribution < -0.4 is 10.8 Å². The van der Waals surface area contributed by atoms with Crippen molar-refractivity contribution in [2.75, 3.05) is 26.9 Å². The van der Waals surface area contributed by atoms with E-state index < -0.39 is 0 Å². The third kappa shape index (κ3) is 9.44. The van der Waals surface area contributed by atoms with Crippen molar-refractivity contribution in [1.82, 2.24) is 10.8 Å². The molecule has 0 aliphatic rings. The van der Waals surface area contributed by atoms with Crippen molar-refractivity contribution in [2.45, 2.75) is 26.3 Å². The van der Waals surface area contributed by atoms with Crippen molar-refractivity contribution < 1.29 is 14.4 Å². The van der Waals surface area contributed by atoms with Crippen LogP contribution in [-0.4, -0.2) is 38.8 Å². The predicted octanol–water partition coefficient (Wildman–Crippen LogP) is 0.0687. The SMILES string of the molecule is COCCONCCC(=O)NC(C)C. The highest BCUT2D eigenvalue weighted by Crippen LogP contribution is 1.82. The summed E-state index contributed by atoms with van der Waals surface area (Å²) in [6.45, 7) is 5.41. The molecule has 0 spiro atoms. The van der Waals surface area contributed by atoms with Crippen molar-refractivity contribution >= 4 is 5.91 Å². The maximum Gasteiger partial charge on any atom is 0.221 e. The third-order valence-electron chi connectivity index (χ3n) is 1.40. The van der Waals surface area contributed by atoms with Gasteiger partial charge in [0.05, 0.1) is 13.2 Å². The highest BCUT2D eigenvalue weighted by atomic mass is 16.7. The molecule has 0 bridgehead atoms. The van der Waals surface area contributed by atoms with Gasteiger partial charge in [-0.05, 0) is 13.8 Å². The van der Waals surface area contributed by atoms with Gasteiger partial charge in [-0.2, -0.15) is 0 Å². The molecule has 0 aliphatic carbocycles. The molecule has 0 unspecified atom stereocenters. The molecule has 0 radical (unpaired) electrons. The molecule has 0 rings (SSSR count). The van der Waals surface area contributed by atoms with Gasteiger partial charge in [0.25, 0.3) is 0 Å². The minimum Gasteiger partial charge on any atom is -0.382 e. The Kier molecular flexibility index (Phi) is 8.51. The van der Waals surface area contributed by atoms with E-state index in [1.54, 1.807) is 7.11 Å². The van der Waals surface area contributed by atoms with Gasteiger partial charge in [-0.1, -0.05) is 0 Å². The Bertz CT molecular complexity index is 151. The standard InChI is InChI=1S/C9H20N2O3/c1-8(2)11-9(12)4-5-10-14-7-6-13-3/h8,10H,4-7H2,1-3H3,(H,11,12). The number of hydroxylamine groups is 1. The van der Waals surface area contributed by atoms with Gasteiger partial charge in [0.2, 0.25) is 5.91 Å². The first-order valence-electron chi connectivity index (χ1n) is 4.79. The van der Waals surface area contributed by atoms with Crippen molar-refractivity contribution in [3.63, 3.8) is 0 Å². The first-order chi connectivity index (χ1) is 6.66. The molecule has 0 aromatic heterocycles. The summed E-state index contributed by atoms with van der Waals surface area (Å²) in [7, 11) is 1.61. The second-order valence-electron chi connectivity index (χ2n) is 3.21. The molecular weight excluding hydrogens is 184 g/mol. The normalized spacial score (nSPS) is 10.6. The van der Waals surface area contributed by atoms with Crippen molar-refractivity contribution in [2.24, 2.45) is 0 Å². The Morgan fingerprint density at radius 3 is 2.64 bits per heavy atom. The van der Waals surface area contributed by atoms with Crippen LogP contribution in [0.15, 0.2) is 0 Å². The molecule has 0 aromatic carbocycles. The van der Waals surface area contributed by atoms with E-state index in [0.717, 1.165) is 0 Å². The number of methoxy groups -OCH3 is 1. The average molecular weight is 204 g/mol. The van der Waals surface area contributed by atoms with Gasteiger partial charge in [-0.25, -0.2) is 5.48 Å². The summed E-state index contributed by atoms with van der Waals surface area (Å²) in [5.74, 6) is 0.0304. The lowest BCUT2D eigenvalue weighted by molar-refractivity contribution is -0.122. The lowest BCUT2D eigenvalue weighted by Crippen LogP contribution is -2.32. The van der Waals surface area contributed by atoms with E-state index >= 15 is 0 Å². The van der Waals surface area contributed by atoms with E-state index in [2.05, 4.69) is 10.8 Å². The molecule has 0 fully saturated rings. The van der Waals surface area contributed by atoms with Gasteiger partial charge in [0.15, 0.2) is 0 Å². The number of carbonyl (C=O) groups is 1. The first kappa shape index (κ1) is 13.4. The fourth-order valence-corrected chi connectivity index (χ4v) is 0.828. The van der Waals surface area contributed by atoms with Crippen LogP contribution in [0.25, 0.3) is 0 Å². The van der Waals surface area contributed by atoms with Gasteiger partial charge in [-0.3, -0.25) is 9.63 Å². The number of hydrogen-bond acceptors (Lipinski definition) is 4. The number of amides is 1. The summed E-state index contributed by atoms with van der Waals surface area (Å²) in [5, 5.41) is 2.79. The molecule has 14 heavy (non-hydrogen) atoms. The second-order valence-corrected chi connectivity index (χ2v) is 3.21. The van der Waals surface area contributed by atoms with E-state index in [-0.39, 0.29) is 11.9 Å². The van der Waals surface area contributed by atoms with Crippen molar-refractivity contribution in [3.05, 3.63) is 0 Å². The smallest absolute Gasteiger partial charge is 0.221 e. The van der Waals surface area contributed by atoms with Crippen LogP contribution in [0.4, 0.5) is 0 Å². The number of ether oxygens (including phenoxy) is 1. The molecule has 0 saturated heterocycles. The quantitative estimate of drug-likeness (QED) is 0.434. The summed E-state index contributed by atoms with van der Waals surface area (Å²) in [5.41, 5.74) is 2.68. The third-order valence-corrected chi connectivity index (χ3v) is 1.40. The summed E-state index contributed by atoms with van der Waals surface area (Å²) in [6.07, 6.45) is 0.422. The monoisotopic (exact) mass is 204 g/mol. The Labute approximate surface area is 85.1 Å². The van der Waals surface area contributed by atoms with Gasteiger partial charge in [0, 0.05) is 26.1 Å². The zero-order valence-corrected chi connectivity index (χ0v) is 9.13. The molecule has 0 heterocycles. The number of carbonyl (C=O) groups excluding carboxylic acids is 1. The fourth-order valence-electron chi connectivity index (χ4n) is 0.828. The highest BCUT2D eigenvalue weighted by molar-refractivity contribution is 5.76. The van der Waals surface area contributed by atoms with Crippen LogP contribution >= 0.6 is 0 Å². The first-order valence-corrected chi connectivity index (χ1v) is 4.79. The van der Waals surface area contributed by atoms with E-state index in [1.807, 2.05) is 13.8 Å². The molecule has 0 aromatic rings. The highest BCUT2D eigenvalue weighted by Gasteiger charge is 2.01. The lowest BCUT2D eigenvalue weighted by Gasteiger charge is -2.08. The Hall–Kier alpha value is -0.650. The number of rotatable bonds is 8. The van der Waals surface area contributed by atoms with Crippen LogP contribution in [0.3, 0.4) is 0 Å². The Morgan fingerprint density at radius 2 is 2.07 bits per heavy atom. The van der Waals surface area contributed by atoms with Crippen LogP contribution in [0.5, 0.6) is 0 Å². The van der Waals surface area contributed by atoms with Crippen LogP contribution in [0.2, 0.25) is 0 Å². The van der Waals surface area contributed by atoms with Gasteiger partial charge < -0.3 is 10.1 Å². The summed E-state index contributed by atoms with van der Waals surface area (Å²) in [4.78, 5) is 16.1. The fraction of sp³-hybridized carbons (Fsp3) is 0.889. The maximum absolute atomic E-state index is 11.1. The minimum absolute atomic E-state index is 0.0304. The molecule has 84 valence electrons. The number of hydrogen-bond donors (Lipinski definition) is 2. The van der Waals surface area contributed by atoms with Crippen LogP contribution in [-0.2, 0) is 14.4 Å². The topological polar surface area (TPSA) is 59.6 Å². The zero-order valence-electron chi connectivity index (χ0n) is 9.13. The van der Waals surface area contributed by atoms with E-state index in [0.29, 0.717) is 26.2 Å². The lowest BCUT2D eigenvalue weighted by atomic mass is 10.3. The minimum atomic E-state index is 0.0304. The molecule has 0 atom stereocenters. The molecule has 0 saturated carbocycles. The predicted molar refractivity (Wildman–Crippen MR) is 53.7 cm³/mol. The van der Waals surface area contributed by atoms with E-state index in [1.165, 1.54) is 0 Å². The van der Waals surface area contributed by atoms with E-state index in [9.17, 15) is 4.79 Å². The Balaban J connectivity index is 3.15. The van der Waals surface area contributed by atoms with Crippen LogP contribution in [0, 0.1) is 0 Å². The van der Waals surface area contributed by atoms with Crippen molar-refractivity contribution in [1.29, 1.82) is 0 Å². The second kappa shape index (κ2) is 8.93. The van der Waals surface area contributed by atoms with Crippen LogP contribution in [0.1, 0.15) is 20.3 Å². The summed E-state index contributed by atoms with van der Waals surface area (Å²) in [6, 6.07) is 0.192.